The van der Waals surface area contributed by atoms with Crippen LogP contribution in [0.15, 0.2) is 36.4 Å². The van der Waals surface area contributed by atoms with Gasteiger partial charge in [-0.25, -0.2) is 9.78 Å². The van der Waals surface area contributed by atoms with Crippen LogP contribution < -0.4 is 15.5 Å². The number of amides is 2. The highest BCUT2D eigenvalue weighted by molar-refractivity contribution is 7.09. The van der Waals surface area contributed by atoms with Crippen molar-refractivity contribution in [2.45, 2.75) is 51.9 Å². The van der Waals surface area contributed by atoms with Crippen LogP contribution in [-0.4, -0.2) is 27.0 Å². The minimum atomic E-state index is -0.402. The summed E-state index contributed by atoms with van der Waals surface area (Å²) in [7, 11) is 0. The van der Waals surface area contributed by atoms with Crippen molar-refractivity contribution in [1.29, 1.82) is 0 Å². The summed E-state index contributed by atoms with van der Waals surface area (Å²) in [4.78, 5) is 19.2. The summed E-state index contributed by atoms with van der Waals surface area (Å²) < 4.78 is 4.27. The molecule has 3 N–H and O–H groups in total. The lowest BCUT2D eigenvalue weighted by Crippen LogP contribution is -2.31. The number of carbonyl (C=O) groups is 1. The van der Waals surface area contributed by atoms with E-state index in [9.17, 15) is 9.90 Å². The van der Waals surface area contributed by atoms with Crippen LogP contribution in [0.3, 0.4) is 0 Å². The van der Waals surface area contributed by atoms with Gasteiger partial charge in [0, 0.05) is 40.0 Å². The average molecular weight is 486 g/mol. The number of urea groups is 1. The second-order valence-electron chi connectivity index (χ2n) is 8.57. The van der Waals surface area contributed by atoms with Crippen molar-refractivity contribution in [3.63, 3.8) is 0 Å². The Morgan fingerprint density at radius 3 is 2.61 bits per heavy atom. The van der Waals surface area contributed by atoms with Crippen molar-refractivity contribution >= 4 is 51.4 Å². The molecule has 1 aliphatic rings. The summed E-state index contributed by atoms with van der Waals surface area (Å²) in [6.45, 7) is 8.94. The minimum Gasteiger partial charge on any atom is -0.506 e. The van der Waals surface area contributed by atoms with E-state index in [-0.39, 0.29) is 17.1 Å². The van der Waals surface area contributed by atoms with E-state index in [1.807, 2.05) is 38.1 Å². The Hall–Kier alpha value is -2.84. The topological polar surface area (TPSA) is 90.4 Å². The van der Waals surface area contributed by atoms with E-state index in [0.717, 1.165) is 35.6 Å². The van der Waals surface area contributed by atoms with Crippen LogP contribution in [0.4, 0.5) is 27.0 Å². The zero-order valence-electron chi connectivity index (χ0n) is 19.1. The number of phenols is 1. The molecule has 0 aliphatic carbocycles. The number of rotatable bonds is 6. The second kappa shape index (κ2) is 9.19. The third-order valence-corrected chi connectivity index (χ3v) is 7.30. The molecule has 9 heteroatoms. The molecule has 0 fully saturated rings. The summed E-state index contributed by atoms with van der Waals surface area (Å²) in [5.74, 6) is 1.06. The van der Waals surface area contributed by atoms with Crippen LogP contribution in [0, 0.1) is 0 Å². The number of halogens is 1. The zero-order valence-corrected chi connectivity index (χ0v) is 20.7. The number of aromatic nitrogens is 2. The van der Waals surface area contributed by atoms with Crippen LogP contribution in [0.1, 0.15) is 57.8 Å². The Balaban J connectivity index is 1.67. The van der Waals surface area contributed by atoms with Crippen LogP contribution in [0.5, 0.6) is 5.75 Å². The van der Waals surface area contributed by atoms with Gasteiger partial charge in [0.2, 0.25) is 5.13 Å². The number of hydrogen-bond donors (Lipinski definition) is 3. The Kier molecular flexibility index (Phi) is 6.50. The maximum atomic E-state index is 12.8. The third kappa shape index (κ3) is 4.25. The number of nitrogens with zero attached hydrogens (tertiary/aromatic N) is 3. The molecule has 0 unspecified atom stereocenters. The van der Waals surface area contributed by atoms with E-state index in [1.54, 1.807) is 12.1 Å². The highest BCUT2D eigenvalue weighted by atomic mass is 35.5. The van der Waals surface area contributed by atoms with Gasteiger partial charge in [0.1, 0.15) is 11.6 Å². The maximum absolute atomic E-state index is 12.8. The lowest BCUT2D eigenvalue weighted by Gasteiger charge is -2.29. The number of aromatic hydroxyl groups is 1. The van der Waals surface area contributed by atoms with E-state index in [4.69, 9.17) is 11.6 Å². The number of carbonyl (C=O) groups excluding carboxylic acids is 1. The highest BCUT2D eigenvalue weighted by Crippen LogP contribution is 2.55. The normalized spacial score (nSPS) is 14.4. The number of para-hydroxylation sites is 2. The number of anilines is 4. The first-order valence-electron chi connectivity index (χ1n) is 11.1. The number of benzene rings is 2. The van der Waals surface area contributed by atoms with Crippen molar-refractivity contribution in [3.05, 3.63) is 52.8 Å². The fourth-order valence-electron chi connectivity index (χ4n) is 4.41. The fraction of sp³-hybridized carbons (Fsp3) is 0.375. The molecule has 4 rings (SSSR count). The maximum Gasteiger partial charge on any atom is 0.325 e. The van der Waals surface area contributed by atoms with Crippen molar-refractivity contribution in [1.82, 2.24) is 9.36 Å². The van der Waals surface area contributed by atoms with Crippen LogP contribution in [-0.2, 0) is 5.41 Å². The second-order valence-corrected chi connectivity index (χ2v) is 9.73. The standard InChI is InChI=1S/C24H28ClN5O2S/c1-5-24(6-2)13-30(20-18(31)12-11-15(25)19(20)24)17-10-8-7-9-16(17)26-22(32)28-23-27-21(14(3)4)29-33-23/h7-12,14,31H,5-6,13H2,1-4H3,(H2,26,27,28,29,32). The Labute approximate surface area is 203 Å². The SMILES string of the molecule is CCC1(CC)CN(c2ccccc2NC(=O)Nc2nc(C(C)C)ns2)c2c(O)ccc(Cl)c21. The Morgan fingerprint density at radius 2 is 1.94 bits per heavy atom. The zero-order chi connectivity index (χ0) is 23.8. The summed E-state index contributed by atoms with van der Waals surface area (Å²) >= 11 is 7.80. The van der Waals surface area contributed by atoms with Crippen molar-refractivity contribution < 1.29 is 9.90 Å². The van der Waals surface area contributed by atoms with Gasteiger partial charge >= 0.3 is 6.03 Å². The first-order chi connectivity index (χ1) is 15.8. The summed E-state index contributed by atoms with van der Waals surface area (Å²) in [6, 6.07) is 10.5. The predicted molar refractivity (Wildman–Crippen MR) is 135 cm³/mol. The quantitative estimate of drug-likeness (QED) is 0.354. The van der Waals surface area contributed by atoms with Crippen molar-refractivity contribution in [2.75, 3.05) is 22.1 Å². The summed E-state index contributed by atoms with van der Waals surface area (Å²) in [5.41, 5.74) is 2.88. The molecular weight excluding hydrogens is 458 g/mol. The van der Waals surface area contributed by atoms with Crippen LogP contribution in [0.25, 0.3) is 0 Å². The Morgan fingerprint density at radius 1 is 1.21 bits per heavy atom. The molecule has 2 heterocycles. The minimum absolute atomic E-state index is 0.174. The molecule has 2 aromatic carbocycles. The molecular formula is C24H28ClN5O2S. The lowest BCUT2D eigenvalue weighted by atomic mass is 9.77. The van der Waals surface area contributed by atoms with Gasteiger partial charge in [-0.2, -0.15) is 4.37 Å². The van der Waals surface area contributed by atoms with Gasteiger partial charge in [0.05, 0.1) is 17.1 Å². The van der Waals surface area contributed by atoms with E-state index < -0.39 is 6.03 Å². The predicted octanol–water partition coefficient (Wildman–Crippen LogP) is 6.87. The molecule has 0 radical (unpaired) electrons. The first kappa shape index (κ1) is 23.3. The van der Waals surface area contributed by atoms with Gasteiger partial charge in [0.25, 0.3) is 0 Å². The monoisotopic (exact) mass is 485 g/mol. The van der Waals surface area contributed by atoms with Gasteiger partial charge in [0.15, 0.2) is 0 Å². The lowest BCUT2D eigenvalue weighted by molar-refractivity contribution is 0.262. The molecule has 2 amide bonds. The largest absolute Gasteiger partial charge is 0.506 e. The van der Waals surface area contributed by atoms with Crippen molar-refractivity contribution in [3.8, 4) is 5.75 Å². The van der Waals surface area contributed by atoms with E-state index in [2.05, 4.69) is 38.7 Å². The summed E-state index contributed by atoms with van der Waals surface area (Å²) in [5, 5.41) is 17.6. The van der Waals surface area contributed by atoms with Gasteiger partial charge in [-0.1, -0.05) is 51.4 Å². The molecule has 0 bridgehead atoms. The average Bonchev–Trinajstić information content (AvgIpc) is 3.40. The third-order valence-electron chi connectivity index (χ3n) is 6.34. The molecule has 3 aromatic rings. The van der Waals surface area contributed by atoms with E-state index >= 15 is 0 Å². The van der Waals surface area contributed by atoms with Gasteiger partial charge in [-0.3, -0.25) is 5.32 Å². The van der Waals surface area contributed by atoms with Gasteiger partial charge < -0.3 is 15.3 Å². The number of fused-ring (bicyclic) bond motifs is 1. The van der Waals surface area contributed by atoms with E-state index in [0.29, 0.717) is 33.9 Å². The molecule has 0 spiro atoms. The molecule has 1 aromatic heterocycles. The highest BCUT2D eigenvalue weighted by Gasteiger charge is 2.44. The fourth-order valence-corrected chi connectivity index (χ4v) is 5.47. The van der Waals surface area contributed by atoms with Gasteiger partial charge in [-0.15, -0.1) is 0 Å². The Bertz CT molecular complexity index is 1180. The van der Waals surface area contributed by atoms with Gasteiger partial charge in [-0.05, 0) is 37.1 Å². The smallest absolute Gasteiger partial charge is 0.325 e. The molecule has 174 valence electrons. The molecule has 0 atom stereocenters. The number of phenolic OH excluding ortho intramolecular Hbond substituents is 1. The van der Waals surface area contributed by atoms with Crippen LogP contribution in [0.2, 0.25) is 5.02 Å². The number of nitrogens with one attached hydrogen (secondary N) is 2. The van der Waals surface area contributed by atoms with E-state index in [1.165, 1.54) is 0 Å². The molecule has 7 nitrogen and oxygen atoms in total. The molecule has 1 aliphatic heterocycles. The molecule has 33 heavy (non-hydrogen) atoms. The summed E-state index contributed by atoms with van der Waals surface area (Å²) in [6.07, 6.45) is 1.75. The molecule has 0 saturated carbocycles. The van der Waals surface area contributed by atoms with Crippen molar-refractivity contribution in [2.24, 2.45) is 0 Å². The number of hydrogen-bond acceptors (Lipinski definition) is 6. The first-order valence-corrected chi connectivity index (χ1v) is 12.2. The molecule has 0 saturated heterocycles. The van der Waals surface area contributed by atoms with Crippen LogP contribution >= 0.6 is 23.1 Å².